The fourth-order valence-electron chi connectivity index (χ4n) is 2.69. The molecule has 2 N–H and O–H groups in total. The van der Waals surface area contributed by atoms with Crippen LogP contribution >= 0.6 is 24.0 Å². The third-order valence-corrected chi connectivity index (χ3v) is 4.34. The van der Waals surface area contributed by atoms with Gasteiger partial charge < -0.3 is 15.2 Å². The molecule has 0 atom stereocenters. The molecule has 2 rings (SSSR count). The summed E-state index contributed by atoms with van der Waals surface area (Å²) >= 11 is 0. The molecule has 0 aliphatic rings. The van der Waals surface area contributed by atoms with Gasteiger partial charge >= 0.3 is 0 Å². The normalized spacial score (nSPS) is 11.3. The maximum Gasteiger partial charge on any atom is 0.191 e. The number of hydrogen-bond acceptors (Lipinski definition) is 3. The molecular weight excluding hydrogens is 427 g/mol. The van der Waals surface area contributed by atoms with Gasteiger partial charge in [-0.15, -0.1) is 24.0 Å². The molecule has 0 saturated heterocycles. The lowest BCUT2D eigenvalue weighted by atomic mass is 9.99. The summed E-state index contributed by atoms with van der Waals surface area (Å²) in [4.78, 5) is 4.25. The van der Waals surface area contributed by atoms with E-state index in [0.717, 1.165) is 36.8 Å². The van der Waals surface area contributed by atoms with E-state index in [0.29, 0.717) is 12.5 Å². The van der Waals surface area contributed by atoms with Crippen molar-refractivity contribution in [1.82, 2.24) is 15.8 Å². The van der Waals surface area contributed by atoms with Crippen LogP contribution in [0.5, 0.6) is 0 Å². The minimum absolute atomic E-state index is 0. The van der Waals surface area contributed by atoms with Crippen LogP contribution < -0.4 is 10.6 Å². The first-order valence-corrected chi connectivity index (χ1v) is 8.62. The van der Waals surface area contributed by atoms with Crippen molar-refractivity contribution in [3.63, 3.8) is 0 Å². The number of nitrogens with zero attached hydrogens (tertiary/aromatic N) is 2. The Hall–Kier alpha value is -1.57. The Labute approximate surface area is 167 Å². The van der Waals surface area contributed by atoms with E-state index >= 15 is 0 Å². The van der Waals surface area contributed by atoms with E-state index in [1.165, 1.54) is 11.1 Å². The van der Waals surface area contributed by atoms with Crippen LogP contribution in [0, 0.1) is 6.92 Å². The van der Waals surface area contributed by atoms with Crippen LogP contribution in [0.2, 0.25) is 0 Å². The van der Waals surface area contributed by atoms with Crippen LogP contribution in [0.15, 0.2) is 39.8 Å². The predicted octanol–water partition coefficient (Wildman–Crippen LogP) is 4.37. The standard InChI is InChI=1S/C19H28N4O.HI/c1-5-15(6-2)18-11-17(24-23-18)13-22-19(20-4)21-12-16-10-8-7-9-14(16)3;/h7-11,15H,5-6,12-13H2,1-4H3,(H2,20,21,22);1H. The highest BCUT2D eigenvalue weighted by Crippen LogP contribution is 2.22. The second-order valence-corrected chi connectivity index (χ2v) is 5.94. The molecule has 1 heterocycles. The minimum atomic E-state index is 0. The fraction of sp³-hybridized carbons (Fsp3) is 0.474. The van der Waals surface area contributed by atoms with Crippen molar-refractivity contribution in [2.45, 2.75) is 52.6 Å². The number of rotatable bonds is 7. The molecule has 6 heteroatoms. The smallest absolute Gasteiger partial charge is 0.191 e. The van der Waals surface area contributed by atoms with Crippen LogP contribution in [0.25, 0.3) is 0 Å². The van der Waals surface area contributed by atoms with Crippen molar-refractivity contribution in [1.29, 1.82) is 0 Å². The van der Waals surface area contributed by atoms with E-state index in [1.807, 2.05) is 18.2 Å². The Morgan fingerprint density at radius 1 is 1.16 bits per heavy atom. The zero-order valence-corrected chi connectivity index (χ0v) is 17.8. The van der Waals surface area contributed by atoms with Crippen LogP contribution in [-0.4, -0.2) is 18.2 Å². The van der Waals surface area contributed by atoms with E-state index < -0.39 is 0 Å². The van der Waals surface area contributed by atoms with Gasteiger partial charge in [0.05, 0.1) is 12.2 Å². The molecule has 25 heavy (non-hydrogen) atoms. The highest BCUT2D eigenvalue weighted by Gasteiger charge is 2.13. The number of guanidine groups is 1. The Kier molecular flexibility index (Phi) is 9.55. The van der Waals surface area contributed by atoms with Crippen molar-refractivity contribution in [3.8, 4) is 0 Å². The van der Waals surface area contributed by atoms with Gasteiger partial charge in [-0.05, 0) is 30.9 Å². The molecule has 1 aromatic carbocycles. The van der Waals surface area contributed by atoms with Crippen LogP contribution in [-0.2, 0) is 13.1 Å². The molecule has 138 valence electrons. The lowest BCUT2D eigenvalue weighted by molar-refractivity contribution is 0.368. The van der Waals surface area contributed by atoms with E-state index in [2.05, 4.69) is 53.7 Å². The number of aliphatic imine (C=N–C) groups is 1. The summed E-state index contributed by atoms with van der Waals surface area (Å²) in [7, 11) is 1.77. The molecular formula is C19H29IN4O. The summed E-state index contributed by atoms with van der Waals surface area (Å²) in [5.74, 6) is 2.05. The van der Waals surface area contributed by atoms with Gasteiger partial charge in [0.25, 0.3) is 0 Å². The van der Waals surface area contributed by atoms with Gasteiger partial charge in [-0.3, -0.25) is 4.99 Å². The van der Waals surface area contributed by atoms with E-state index in [9.17, 15) is 0 Å². The lowest BCUT2D eigenvalue weighted by Crippen LogP contribution is -2.36. The first-order valence-electron chi connectivity index (χ1n) is 8.62. The quantitative estimate of drug-likeness (QED) is 0.369. The van der Waals surface area contributed by atoms with E-state index in [4.69, 9.17) is 4.52 Å². The molecule has 0 aliphatic carbocycles. The Bertz CT molecular complexity index is 665. The van der Waals surface area contributed by atoms with E-state index in [1.54, 1.807) is 7.05 Å². The molecule has 2 aromatic rings. The zero-order chi connectivity index (χ0) is 17.4. The van der Waals surface area contributed by atoms with Crippen LogP contribution in [0.3, 0.4) is 0 Å². The molecule has 0 bridgehead atoms. The summed E-state index contributed by atoms with van der Waals surface area (Å²) in [6, 6.07) is 10.4. The van der Waals surface area contributed by atoms with Crippen LogP contribution in [0.1, 0.15) is 55.2 Å². The SMILES string of the molecule is CCC(CC)c1cc(CNC(=NC)NCc2ccccc2C)on1.I. The second kappa shape index (κ2) is 11.1. The third-order valence-electron chi connectivity index (χ3n) is 4.34. The maximum absolute atomic E-state index is 5.43. The van der Waals surface area contributed by atoms with Crippen LogP contribution in [0.4, 0.5) is 0 Å². The molecule has 0 amide bonds. The predicted molar refractivity (Wildman–Crippen MR) is 113 cm³/mol. The Morgan fingerprint density at radius 3 is 2.48 bits per heavy atom. The summed E-state index contributed by atoms with van der Waals surface area (Å²) in [6.45, 7) is 7.78. The molecule has 0 spiro atoms. The highest BCUT2D eigenvalue weighted by atomic mass is 127. The van der Waals surface area contributed by atoms with Gasteiger partial charge in [0.1, 0.15) is 0 Å². The topological polar surface area (TPSA) is 62.5 Å². The lowest BCUT2D eigenvalue weighted by Gasteiger charge is -2.12. The molecule has 1 aromatic heterocycles. The molecule has 5 nitrogen and oxygen atoms in total. The minimum Gasteiger partial charge on any atom is -0.359 e. The molecule has 0 saturated carbocycles. The van der Waals surface area contributed by atoms with Gasteiger partial charge in [-0.2, -0.15) is 0 Å². The number of benzene rings is 1. The van der Waals surface area contributed by atoms with Gasteiger partial charge in [0.2, 0.25) is 0 Å². The fourth-order valence-corrected chi connectivity index (χ4v) is 2.69. The first-order chi connectivity index (χ1) is 11.7. The molecule has 0 unspecified atom stereocenters. The maximum atomic E-state index is 5.43. The average Bonchev–Trinajstić information content (AvgIpc) is 3.06. The number of aryl methyl sites for hydroxylation is 1. The monoisotopic (exact) mass is 456 g/mol. The zero-order valence-electron chi connectivity index (χ0n) is 15.5. The second-order valence-electron chi connectivity index (χ2n) is 5.94. The number of hydrogen-bond donors (Lipinski definition) is 2. The van der Waals surface area contributed by atoms with Gasteiger partial charge in [0.15, 0.2) is 11.7 Å². The first kappa shape index (κ1) is 21.5. The molecule has 0 aliphatic heterocycles. The van der Waals surface area contributed by atoms with Gasteiger partial charge in [-0.1, -0.05) is 43.3 Å². The third kappa shape index (κ3) is 6.34. The van der Waals surface area contributed by atoms with Crippen molar-refractivity contribution in [3.05, 3.63) is 52.9 Å². The molecule has 0 fully saturated rings. The Balaban J connectivity index is 0.00000312. The summed E-state index contributed by atoms with van der Waals surface area (Å²) < 4.78 is 5.43. The van der Waals surface area contributed by atoms with E-state index in [-0.39, 0.29) is 24.0 Å². The van der Waals surface area contributed by atoms with Gasteiger partial charge in [0, 0.05) is 25.6 Å². The number of halogens is 1. The molecule has 0 radical (unpaired) electrons. The summed E-state index contributed by atoms with van der Waals surface area (Å²) in [5, 5.41) is 10.8. The van der Waals surface area contributed by atoms with Crippen molar-refractivity contribution in [2.75, 3.05) is 7.05 Å². The van der Waals surface area contributed by atoms with Gasteiger partial charge in [-0.25, -0.2) is 0 Å². The number of nitrogens with one attached hydrogen (secondary N) is 2. The largest absolute Gasteiger partial charge is 0.359 e. The van der Waals surface area contributed by atoms with Crippen molar-refractivity contribution < 1.29 is 4.52 Å². The van der Waals surface area contributed by atoms with Crippen molar-refractivity contribution >= 4 is 29.9 Å². The average molecular weight is 456 g/mol. The Morgan fingerprint density at radius 2 is 1.84 bits per heavy atom. The summed E-state index contributed by atoms with van der Waals surface area (Å²) in [5.41, 5.74) is 3.57. The summed E-state index contributed by atoms with van der Waals surface area (Å²) in [6.07, 6.45) is 2.16. The van der Waals surface area contributed by atoms with Crippen molar-refractivity contribution in [2.24, 2.45) is 4.99 Å². The highest BCUT2D eigenvalue weighted by molar-refractivity contribution is 14.0. The number of aromatic nitrogens is 1.